The van der Waals surface area contributed by atoms with Gasteiger partial charge in [0.1, 0.15) is 23.7 Å². The summed E-state index contributed by atoms with van der Waals surface area (Å²) in [6.07, 6.45) is 0.706. The Morgan fingerprint density at radius 2 is 1.90 bits per heavy atom. The van der Waals surface area contributed by atoms with E-state index in [2.05, 4.69) is 10.6 Å². The van der Waals surface area contributed by atoms with E-state index < -0.39 is 41.6 Å². The first-order valence-electron chi connectivity index (χ1n) is 9.35. The topological polar surface area (TPSA) is 78.5 Å². The number of halogens is 2. The lowest BCUT2D eigenvalue weighted by Crippen LogP contribution is -2.43. The average molecular weight is 433 g/mol. The fourth-order valence-corrected chi connectivity index (χ4v) is 3.98. The van der Waals surface area contributed by atoms with Crippen LogP contribution in [0.5, 0.6) is 0 Å². The first kappa shape index (κ1) is 21.8. The van der Waals surface area contributed by atoms with Crippen molar-refractivity contribution in [1.29, 1.82) is 0 Å². The predicted octanol–water partition coefficient (Wildman–Crippen LogP) is 3.03. The molecule has 158 valence electrons. The van der Waals surface area contributed by atoms with Gasteiger partial charge in [-0.2, -0.15) is 0 Å². The molecule has 0 bridgehead atoms. The molecule has 1 aliphatic rings. The summed E-state index contributed by atoms with van der Waals surface area (Å²) in [5.74, 6) is -2.09. The van der Waals surface area contributed by atoms with Gasteiger partial charge in [0.05, 0.1) is 0 Å². The Hall–Kier alpha value is -2.94. The van der Waals surface area contributed by atoms with Crippen LogP contribution in [-0.4, -0.2) is 41.6 Å². The highest BCUT2D eigenvalue weighted by Gasteiger charge is 2.50. The third-order valence-electron chi connectivity index (χ3n) is 4.70. The van der Waals surface area contributed by atoms with E-state index in [-0.39, 0.29) is 5.56 Å². The van der Waals surface area contributed by atoms with Crippen LogP contribution in [0.3, 0.4) is 0 Å². The van der Waals surface area contributed by atoms with Gasteiger partial charge in [-0.1, -0.05) is 18.2 Å². The molecule has 0 unspecified atom stereocenters. The van der Waals surface area contributed by atoms with Gasteiger partial charge in [0.2, 0.25) is 5.91 Å². The minimum atomic E-state index is -1.78. The first-order chi connectivity index (χ1) is 14.3. The van der Waals surface area contributed by atoms with E-state index in [1.165, 1.54) is 6.92 Å². The van der Waals surface area contributed by atoms with Crippen molar-refractivity contribution < 1.29 is 23.2 Å². The maximum atomic E-state index is 14.1. The van der Waals surface area contributed by atoms with Gasteiger partial charge < -0.3 is 10.6 Å². The number of nitrogens with zero attached hydrogens (tertiary/aromatic N) is 1. The zero-order valence-electron chi connectivity index (χ0n) is 16.3. The summed E-state index contributed by atoms with van der Waals surface area (Å²) in [5.41, 5.74) is -2.07. The van der Waals surface area contributed by atoms with Crippen LogP contribution in [-0.2, 0) is 15.1 Å². The summed E-state index contributed by atoms with van der Waals surface area (Å²) in [6.45, 7) is 1.17. The molecule has 2 aromatic carbocycles. The lowest BCUT2D eigenvalue weighted by molar-refractivity contribution is -0.134. The lowest BCUT2D eigenvalue weighted by Gasteiger charge is -2.22. The Kier molecular flexibility index (Phi) is 6.71. The molecule has 2 N–H and O–H groups in total. The molecule has 9 heteroatoms. The molecular weight excluding hydrogens is 412 g/mol. The number of amides is 4. The van der Waals surface area contributed by atoms with Gasteiger partial charge in [-0.15, -0.1) is 11.8 Å². The van der Waals surface area contributed by atoms with Crippen molar-refractivity contribution in [2.75, 3.05) is 18.8 Å². The van der Waals surface area contributed by atoms with Crippen LogP contribution in [0.1, 0.15) is 18.9 Å². The van der Waals surface area contributed by atoms with Crippen LogP contribution in [0.2, 0.25) is 0 Å². The van der Waals surface area contributed by atoms with Gasteiger partial charge in [0.25, 0.3) is 5.91 Å². The highest BCUT2D eigenvalue weighted by Crippen LogP contribution is 2.31. The number of benzene rings is 2. The van der Waals surface area contributed by atoms with Gasteiger partial charge >= 0.3 is 6.03 Å². The largest absolute Gasteiger partial charge is 0.355 e. The van der Waals surface area contributed by atoms with Crippen molar-refractivity contribution in [1.82, 2.24) is 15.5 Å². The molecule has 4 amide bonds. The quantitative estimate of drug-likeness (QED) is 0.381. The van der Waals surface area contributed by atoms with E-state index in [0.717, 1.165) is 28.8 Å². The number of nitrogens with one attached hydrogen (secondary N) is 2. The van der Waals surface area contributed by atoms with Crippen LogP contribution in [0.15, 0.2) is 53.4 Å². The summed E-state index contributed by atoms with van der Waals surface area (Å²) in [4.78, 5) is 39.0. The molecular formula is C21H21F2N3O3S. The maximum Gasteiger partial charge on any atom is 0.325 e. The number of hydrogen-bond donors (Lipinski definition) is 2. The van der Waals surface area contributed by atoms with Crippen LogP contribution in [0.25, 0.3) is 0 Å². The predicted molar refractivity (Wildman–Crippen MR) is 109 cm³/mol. The number of thioether (sulfide) groups is 1. The first-order valence-corrected chi connectivity index (χ1v) is 10.3. The number of carbonyl (C=O) groups is 3. The summed E-state index contributed by atoms with van der Waals surface area (Å²) < 4.78 is 27.7. The van der Waals surface area contributed by atoms with Crippen molar-refractivity contribution in [3.63, 3.8) is 0 Å². The third-order valence-corrected chi connectivity index (χ3v) is 5.80. The van der Waals surface area contributed by atoms with Crippen LogP contribution < -0.4 is 10.6 Å². The molecule has 0 aromatic heterocycles. The van der Waals surface area contributed by atoms with Gasteiger partial charge in [-0.05, 0) is 49.4 Å². The molecule has 0 aliphatic carbocycles. The van der Waals surface area contributed by atoms with Gasteiger partial charge in [-0.25, -0.2) is 13.6 Å². The molecule has 30 heavy (non-hydrogen) atoms. The van der Waals surface area contributed by atoms with Crippen molar-refractivity contribution in [3.8, 4) is 0 Å². The number of rotatable bonds is 8. The second kappa shape index (κ2) is 9.25. The van der Waals surface area contributed by atoms with Gasteiger partial charge in [0.15, 0.2) is 0 Å². The fraction of sp³-hybridized carbons (Fsp3) is 0.286. The Morgan fingerprint density at radius 1 is 1.17 bits per heavy atom. The molecule has 0 saturated carbocycles. The molecule has 1 saturated heterocycles. The summed E-state index contributed by atoms with van der Waals surface area (Å²) in [7, 11) is 0. The van der Waals surface area contributed by atoms with E-state index in [1.54, 1.807) is 11.8 Å². The SMILES string of the molecule is C[C@]1(c2cc(F)ccc2F)NC(=O)N(CC(=O)NCCCSc2ccccc2)C1=O. The minimum absolute atomic E-state index is 0.290. The number of carbonyl (C=O) groups excluding carboxylic acids is 3. The smallest absolute Gasteiger partial charge is 0.325 e. The average Bonchev–Trinajstić information content (AvgIpc) is 2.94. The zero-order chi connectivity index (χ0) is 21.7. The summed E-state index contributed by atoms with van der Waals surface area (Å²) in [5, 5.41) is 5.03. The minimum Gasteiger partial charge on any atom is -0.355 e. The van der Waals surface area contributed by atoms with E-state index >= 15 is 0 Å². The fourth-order valence-electron chi connectivity index (χ4n) is 3.11. The molecule has 3 rings (SSSR count). The van der Waals surface area contributed by atoms with E-state index in [1.807, 2.05) is 30.3 Å². The number of imide groups is 1. The third kappa shape index (κ3) is 4.79. The Balaban J connectivity index is 1.52. The molecule has 0 spiro atoms. The van der Waals surface area contributed by atoms with Crippen molar-refractivity contribution in [2.45, 2.75) is 23.8 Å². The van der Waals surface area contributed by atoms with Crippen molar-refractivity contribution in [3.05, 3.63) is 65.7 Å². The number of urea groups is 1. The van der Waals surface area contributed by atoms with E-state index in [4.69, 9.17) is 0 Å². The highest BCUT2D eigenvalue weighted by atomic mass is 32.2. The van der Waals surface area contributed by atoms with Crippen LogP contribution in [0.4, 0.5) is 13.6 Å². The molecule has 1 atom stereocenters. The monoisotopic (exact) mass is 433 g/mol. The molecule has 2 aromatic rings. The van der Waals surface area contributed by atoms with Crippen LogP contribution in [0, 0.1) is 11.6 Å². The summed E-state index contributed by atoms with van der Waals surface area (Å²) >= 11 is 1.66. The van der Waals surface area contributed by atoms with Crippen LogP contribution >= 0.6 is 11.8 Å². The summed E-state index contributed by atoms with van der Waals surface area (Å²) in [6, 6.07) is 11.7. The second-order valence-corrected chi connectivity index (χ2v) is 8.10. The molecule has 1 aliphatic heterocycles. The standard InChI is InChI=1S/C21H21F2N3O3S/c1-21(16-12-14(22)8-9-17(16)23)19(28)26(20(29)25-21)13-18(27)24-10-5-11-30-15-6-3-2-4-7-15/h2-4,6-9,12H,5,10-11,13H2,1H3,(H,24,27)(H,25,29)/t21-/m1/s1. The normalized spacial score (nSPS) is 18.4. The highest BCUT2D eigenvalue weighted by molar-refractivity contribution is 7.99. The Bertz CT molecular complexity index is 958. The van der Waals surface area contributed by atoms with Gasteiger partial charge in [0, 0.05) is 17.0 Å². The van der Waals surface area contributed by atoms with Gasteiger partial charge in [-0.3, -0.25) is 14.5 Å². The second-order valence-electron chi connectivity index (χ2n) is 6.94. The Morgan fingerprint density at radius 3 is 2.63 bits per heavy atom. The molecule has 0 radical (unpaired) electrons. The molecule has 1 fully saturated rings. The van der Waals surface area contributed by atoms with E-state index in [0.29, 0.717) is 17.9 Å². The van der Waals surface area contributed by atoms with Crippen molar-refractivity contribution in [2.24, 2.45) is 0 Å². The maximum absolute atomic E-state index is 14.1. The number of hydrogen-bond acceptors (Lipinski definition) is 4. The van der Waals surface area contributed by atoms with E-state index in [9.17, 15) is 23.2 Å². The molecule has 6 nitrogen and oxygen atoms in total. The Labute approximate surface area is 177 Å². The van der Waals surface area contributed by atoms with Crippen molar-refractivity contribution >= 4 is 29.6 Å². The lowest BCUT2D eigenvalue weighted by atomic mass is 9.91. The zero-order valence-corrected chi connectivity index (χ0v) is 17.1. The molecule has 1 heterocycles.